The molecule has 2 aromatic carbocycles. The topological polar surface area (TPSA) is 74.8 Å². The average Bonchev–Trinajstić information content (AvgIpc) is 2.91. The molecule has 1 aliphatic rings. The monoisotopic (exact) mass is 552 g/mol. The molecular formula is C26H22F6N4O3. The van der Waals surface area contributed by atoms with Crippen LogP contribution in [0.25, 0.3) is 0 Å². The lowest BCUT2D eigenvalue weighted by Crippen LogP contribution is -2.49. The number of carbonyl (C=O) groups excluding carboxylic acids is 2. The molecule has 0 bridgehead atoms. The number of aromatic nitrogens is 1. The van der Waals surface area contributed by atoms with Gasteiger partial charge in [-0.25, -0.2) is 9.78 Å². The summed E-state index contributed by atoms with van der Waals surface area (Å²) in [5.74, 6) is -0.701. The molecule has 7 nitrogen and oxygen atoms in total. The van der Waals surface area contributed by atoms with E-state index in [4.69, 9.17) is 4.74 Å². The summed E-state index contributed by atoms with van der Waals surface area (Å²) in [7, 11) is 0. The summed E-state index contributed by atoms with van der Waals surface area (Å²) in [6, 6.07) is 12.1. The van der Waals surface area contributed by atoms with E-state index in [-0.39, 0.29) is 25.5 Å². The number of nitrogens with one attached hydrogen (secondary N) is 1. The van der Waals surface area contributed by atoms with Gasteiger partial charge in [0, 0.05) is 38.8 Å². The first-order chi connectivity index (χ1) is 18.4. The van der Waals surface area contributed by atoms with Crippen LogP contribution in [0.4, 0.5) is 36.8 Å². The number of anilines is 1. The van der Waals surface area contributed by atoms with Crippen LogP contribution in [0.15, 0.2) is 66.9 Å². The third-order valence-electron chi connectivity index (χ3n) is 6.03. The van der Waals surface area contributed by atoms with E-state index in [0.717, 1.165) is 18.2 Å². The van der Waals surface area contributed by atoms with Crippen LogP contribution in [0, 0.1) is 0 Å². The molecule has 1 aliphatic heterocycles. The Bertz CT molecular complexity index is 1300. The Morgan fingerprint density at radius 2 is 1.51 bits per heavy atom. The van der Waals surface area contributed by atoms with Crippen molar-refractivity contribution in [2.75, 3.05) is 31.1 Å². The Morgan fingerprint density at radius 3 is 2.10 bits per heavy atom. The fourth-order valence-electron chi connectivity index (χ4n) is 3.99. The van der Waals surface area contributed by atoms with E-state index in [9.17, 15) is 35.9 Å². The molecule has 3 aromatic rings. The van der Waals surface area contributed by atoms with Gasteiger partial charge in [0.1, 0.15) is 0 Å². The molecule has 2 amide bonds. The van der Waals surface area contributed by atoms with Crippen molar-refractivity contribution in [2.24, 2.45) is 0 Å². The predicted molar refractivity (Wildman–Crippen MR) is 128 cm³/mol. The minimum atomic E-state index is -4.64. The first-order valence-electron chi connectivity index (χ1n) is 11.7. The second-order valence-corrected chi connectivity index (χ2v) is 8.61. The van der Waals surface area contributed by atoms with Crippen molar-refractivity contribution >= 4 is 17.7 Å². The molecule has 0 aliphatic carbocycles. The third-order valence-corrected chi connectivity index (χ3v) is 6.03. The van der Waals surface area contributed by atoms with Gasteiger partial charge >= 0.3 is 18.4 Å². The number of carbonyl (C=O) groups is 2. The van der Waals surface area contributed by atoms with Crippen LogP contribution in [0.2, 0.25) is 0 Å². The van der Waals surface area contributed by atoms with Gasteiger partial charge in [-0.15, -0.1) is 0 Å². The van der Waals surface area contributed by atoms with E-state index >= 15 is 0 Å². The van der Waals surface area contributed by atoms with Gasteiger partial charge in [0.2, 0.25) is 5.88 Å². The number of alkyl halides is 6. The lowest BCUT2D eigenvalue weighted by Gasteiger charge is -2.36. The van der Waals surface area contributed by atoms with Crippen molar-refractivity contribution in [2.45, 2.75) is 18.9 Å². The smallest absolute Gasteiger partial charge is 0.391 e. The number of nitrogens with zero attached hydrogens (tertiary/aromatic N) is 3. The van der Waals surface area contributed by atoms with E-state index in [0.29, 0.717) is 24.3 Å². The van der Waals surface area contributed by atoms with Crippen LogP contribution < -0.4 is 15.0 Å². The Hall–Kier alpha value is -4.29. The Morgan fingerprint density at radius 1 is 0.846 bits per heavy atom. The molecular weight excluding hydrogens is 530 g/mol. The second kappa shape index (κ2) is 11.2. The minimum absolute atomic E-state index is 0.0127. The molecule has 1 saturated heterocycles. The van der Waals surface area contributed by atoms with E-state index in [1.54, 1.807) is 6.07 Å². The molecule has 4 rings (SSSR count). The molecule has 39 heavy (non-hydrogen) atoms. The molecule has 13 heteroatoms. The molecule has 2 heterocycles. The number of halogens is 6. The molecule has 0 atom stereocenters. The van der Waals surface area contributed by atoms with E-state index in [1.165, 1.54) is 47.5 Å². The molecule has 1 N–H and O–H groups in total. The van der Waals surface area contributed by atoms with Gasteiger partial charge in [-0.2, -0.15) is 26.3 Å². The largest absolute Gasteiger partial charge is 0.417 e. The van der Waals surface area contributed by atoms with Gasteiger partial charge in [-0.3, -0.25) is 4.79 Å². The molecule has 1 fully saturated rings. The second-order valence-electron chi connectivity index (χ2n) is 8.61. The molecule has 0 spiro atoms. The number of hydrogen-bond donors (Lipinski definition) is 1. The summed E-state index contributed by atoms with van der Waals surface area (Å²) in [4.78, 5) is 32.1. The zero-order valence-corrected chi connectivity index (χ0v) is 20.2. The van der Waals surface area contributed by atoms with Crippen molar-refractivity contribution in [3.63, 3.8) is 0 Å². The summed E-state index contributed by atoms with van der Waals surface area (Å²) in [6.45, 7) is 1.07. The summed E-state index contributed by atoms with van der Waals surface area (Å²) in [6.07, 6.45) is -8.48. The number of piperazine rings is 1. The van der Waals surface area contributed by atoms with Crippen molar-refractivity contribution in [3.05, 3.63) is 89.1 Å². The average molecular weight is 552 g/mol. The molecule has 1 aromatic heterocycles. The van der Waals surface area contributed by atoms with Crippen LogP contribution in [-0.4, -0.2) is 48.1 Å². The number of ether oxygens (including phenoxy) is 1. The summed E-state index contributed by atoms with van der Waals surface area (Å²) >= 11 is 0. The highest BCUT2D eigenvalue weighted by molar-refractivity contribution is 5.96. The molecule has 206 valence electrons. The van der Waals surface area contributed by atoms with E-state index in [1.807, 2.05) is 4.90 Å². The maximum Gasteiger partial charge on any atom is 0.417 e. The molecule has 0 unspecified atom stereocenters. The highest BCUT2D eigenvalue weighted by Crippen LogP contribution is 2.33. The van der Waals surface area contributed by atoms with Crippen LogP contribution in [0.1, 0.15) is 27.0 Å². The van der Waals surface area contributed by atoms with E-state index in [2.05, 4.69) is 10.3 Å². The minimum Gasteiger partial charge on any atom is -0.391 e. The maximum absolute atomic E-state index is 13.3. The number of benzene rings is 2. The SMILES string of the molecule is O=C(NCc1ccc(C(F)(F)F)cc1)Oc1ccc(N2CCN(C(=O)c3ccccc3C(F)(F)F)CC2)cn1. The third kappa shape index (κ3) is 6.98. The number of hydrogen-bond acceptors (Lipinski definition) is 5. The fraction of sp³-hybridized carbons (Fsp3) is 0.269. The van der Waals surface area contributed by atoms with Crippen molar-refractivity contribution < 1.29 is 40.7 Å². The number of rotatable bonds is 5. The maximum atomic E-state index is 13.3. The van der Waals surface area contributed by atoms with Crippen molar-refractivity contribution in [1.82, 2.24) is 15.2 Å². The lowest BCUT2D eigenvalue weighted by atomic mass is 10.1. The quantitative estimate of drug-likeness (QED) is 0.431. The zero-order chi connectivity index (χ0) is 28.2. The fourth-order valence-corrected chi connectivity index (χ4v) is 3.99. The van der Waals surface area contributed by atoms with Crippen LogP contribution in [-0.2, 0) is 18.9 Å². The Balaban J connectivity index is 1.27. The van der Waals surface area contributed by atoms with Crippen LogP contribution >= 0.6 is 0 Å². The molecule has 0 saturated carbocycles. The standard InChI is InChI=1S/C26H22F6N4O3/c27-25(28,29)18-7-5-17(6-8-18)15-34-24(38)39-22-10-9-19(16-33-22)35-11-13-36(14-12-35)23(37)20-3-1-2-4-21(20)26(30,31)32/h1-10,16H,11-15H2,(H,34,38). The Labute approximate surface area is 219 Å². The van der Waals surface area contributed by atoms with Gasteiger partial charge in [-0.1, -0.05) is 24.3 Å². The van der Waals surface area contributed by atoms with Gasteiger partial charge < -0.3 is 19.9 Å². The summed E-state index contributed by atoms with van der Waals surface area (Å²) in [5, 5.41) is 2.43. The first-order valence-corrected chi connectivity index (χ1v) is 11.7. The molecule has 0 radical (unpaired) electrons. The summed E-state index contributed by atoms with van der Waals surface area (Å²) < 4.78 is 82.9. The van der Waals surface area contributed by atoms with E-state index < -0.39 is 41.0 Å². The van der Waals surface area contributed by atoms with Crippen LogP contribution in [0.3, 0.4) is 0 Å². The van der Waals surface area contributed by atoms with Gasteiger partial charge in [-0.05, 0) is 35.9 Å². The number of amides is 2. The van der Waals surface area contributed by atoms with Crippen molar-refractivity contribution in [1.29, 1.82) is 0 Å². The highest BCUT2D eigenvalue weighted by Gasteiger charge is 2.36. The highest BCUT2D eigenvalue weighted by atomic mass is 19.4. The van der Waals surface area contributed by atoms with Gasteiger partial charge in [0.25, 0.3) is 5.91 Å². The predicted octanol–water partition coefficient (Wildman–Crippen LogP) is 5.37. The first kappa shape index (κ1) is 27.7. The zero-order valence-electron chi connectivity index (χ0n) is 20.2. The number of pyridine rings is 1. The normalized spacial score (nSPS) is 14.2. The lowest BCUT2D eigenvalue weighted by molar-refractivity contribution is -0.138. The van der Waals surface area contributed by atoms with Gasteiger partial charge in [0.15, 0.2) is 0 Å². The van der Waals surface area contributed by atoms with Crippen LogP contribution in [0.5, 0.6) is 5.88 Å². The summed E-state index contributed by atoms with van der Waals surface area (Å²) in [5.41, 5.74) is -1.05. The van der Waals surface area contributed by atoms with Gasteiger partial charge in [0.05, 0.1) is 28.6 Å². The Kier molecular flexibility index (Phi) is 7.98. The van der Waals surface area contributed by atoms with Crippen molar-refractivity contribution in [3.8, 4) is 5.88 Å².